The van der Waals surface area contributed by atoms with Gasteiger partial charge in [0.25, 0.3) is 0 Å². The minimum atomic E-state index is -0.866. The van der Waals surface area contributed by atoms with Crippen LogP contribution in [0.25, 0.3) is 0 Å². The van der Waals surface area contributed by atoms with Crippen molar-refractivity contribution in [1.29, 1.82) is 0 Å². The average Bonchev–Trinajstić information content (AvgIpc) is 3.67. The largest absolute Gasteiger partial charge is 0.462 e. The normalized spacial score (nSPS) is 14.0. The number of esters is 2. The molecule has 3 N–H and O–H groups in total. The highest BCUT2D eigenvalue weighted by Gasteiger charge is 2.39. The fourth-order valence-corrected chi connectivity index (χ4v) is 11.5. The Kier molecular flexibility index (Phi) is 58.9. The molecule has 3 amide bonds. The van der Waals surface area contributed by atoms with Crippen molar-refractivity contribution in [3.8, 4) is 0 Å². The second-order valence-corrected chi connectivity index (χ2v) is 24.9. The molecule has 1 saturated heterocycles. The minimum Gasteiger partial charge on any atom is -0.462 e. The SMILES string of the molecule is CCCCCCCCCCCCCCCC(=O)OCC(CSCC(N)C(=O)CSC1CC(=O)N(CCC(=O)NCCOCCOCCOCCOCCOCCOCCC(=O)CCC=NOCC)C1=O)OC(=O)CCCCCCCCCCCCCCC. The first-order valence-electron chi connectivity index (χ1n) is 34.1. The van der Waals surface area contributed by atoms with Crippen LogP contribution in [-0.2, 0) is 76.3 Å². The van der Waals surface area contributed by atoms with Gasteiger partial charge in [0.15, 0.2) is 5.78 Å². The number of thioether (sulfide) groups is 2. The highest BCUT2D eigenvalue weighted by Crippen LogP contribution is 2.26. The van der Waals surface area contributed by atoms with Gasteiger partial charge in [-0.05, 0) is 26.2 Å². The maximum atomic E-state index is 13.2. The second-order valence-electron chi connectivity index (χ2n) is 22.6. The van der Waals surface area contributed by atoms with Gasteiger partial charge in [-0.25, -0.2) is 0 Å². The van der Waals surface area contributed by atoms with Gasteiger partial charge < -0.3 is 53.8 Å². The Morgan fingerprint density at radius 2 is 1.02 bits per heavy atom. The van der Waals surface area contributed by atoms with Crippen LogP contribution in [0.2, 0.25) is 0 Å². The summed E-state index contributed by atoms with van der Waals surface area (Å²) >= 11 is 2.41. The number of carbonyl (C=O) groups excluding carboxylic acids is 7. The molecule has 3 atom stereocenters. The van der Waals surface area contributed by atoms with Crippen LogP contribution in [0.3, 0.4) is 0 Å². The zero-order chi connectivity index (χ0) is 64.0. The third kappa shape index (κ3) is 52.4. The molecular formula is C66H120N4O16S2. The van der Waals surface area contributed by atoms with E-state index in [-0.39, 0.29) is 80.1 Å². The third-order valence-electron chi connectivity index (χ3n) is 14.7. The summed E-state index contributed by atoms with van der Waals surface area (Å²) in [4.78, 5) is 95.2. The number of imide groups is 1. The van der Waals surface area contributed by atoms with Gasteiger partial charge in [0, 0.05) is 69.3 Å². The molecule has 512 valence electrons. The van der Waals surface area contributed by atoms with E-state index in [2.05, 4.69) is 24.3 Å². The summed E-state index contributed by atoms with van der Waals surface area (Å²) in [7, 11) is 0. The molecule has 88 heavy (non-hydrogen) atoms. The standard InChI is InChI=1S/C66H120N4O16S2/c1-4-7-9-11-13-15-17-19-21-23-25-27-29-33-64(75)84-53-58(86-65(76)34-30-28-26-24-22-20-18-16-14-12-10-8-5-2)54-87-55-59(67)60(72)56-88-61-52-63(74)70(66(61)77)39-35-62(73)68-38-41-79-43-45-81-47-49-83-51-50-82-48-46-80-44-42-78-40-36-57(71)32-31-37-69-85-6-3/h37,58-59,61H,4-36,38-56,67H2,1-3H3,(H,68,73). The molecule has 0 bridgehead atoms. The number of ether oxygens (including phenoxy) is 8. The number of unbranched alkanes of at least 4 members (excludes halogenated alkanes) is 24. The summed E-state index contributed by atoms with van der Waals surface area (Å²) in [5, 5.41) is 5.70. The number of nitrogens with one attached hydrogen (secondary N) is 1. The van der Waals surface area contributed by atoms with Crippen LogP contribution in [0.15, 0.2) is 5.16 Å². The van der Waals surface area contributed by atoms with Crippen LogP contribution in [0.5, 0.6) is 0 Å². The molecule has 1 rings (SSSR count). The molecule has 0 aliphatic carbocycles. The van der Waals surface area contributed by atoms with Crippen molar-refractivity contribution in [1.82, 2.24) is 10.2 Å². The van der Waals surface area contributed by atoms with E-state index in [1.165, 1.54) is 140 Å². The smallest absolute Gasteiger partial charge is 0.306 e. The van der Waals surface area contributed by atoms with Gasteiger partial charge in [0.05, 0.1) is 96.3 Å². The number of carbonyl (C=O) groups is 7. The summed E-state index contributed by atoms with van der Waals surface area (Å²) in [5.74, 6) is -1.52. The number of likely N-dealkylation sites (tertiary alicyclic amines) is 1. The Labute approximate surface area is 538 Å². The van der Waals surface area contributed by atoms with Crippen molar-refractivity contribution in [3.63, 3.8) is 0 Å². The first-order valence-corrected chi connectivity index (χ1v) is 36.3. The van der Waals surface area contributed by atoms with Crippen LogP contribution in [0.4, 0.5) is 0 Å². The Hall–Kier alpha value is -3.22. The molecule has 0 aromatic carbocycles. The predicted molar refractivity (Wildman–Crippen MR) is 351 cm³/mol. The summed E-state index contributed by atoms with van der Waals surface area (Å²) < 4.78 is 44.4. The molecule has 0 radical (unpaired) electrons. The quantitative estimate of drug-likeness (QED) is 0.0189. The predicted octanol–water partition coefficient (Wildman–Crippen LogP) is 11.3. The van der Waals surface area contributed by atoms with E-state index < -0.39 is 29.2 Å². The number of rotatable bonds is 68. The second kappa shape index (κ2) is 62.6. The first-order chi connectivity index (χ1) is 43.0. The van der Waals surface area contributed by atoms with E-state index in [9.17, 15) is 33.6 Å². The number of amides is 3. The third-order valence-corrected chi connectivity index (χ3v) is 17.1. The van der Waals surface area contributed by atoms with Crippen molar-refractivity contribution in [2.45, 2.75) is 250 Å². The number of hydrogen-bond acceptors (Lipinski definition) is 20. The summed E-state index contributed by atoms with van der Waals surface area (Å²) in [6.07, 6.45) is 34.2. The molecule has 22 heteroatoms. The van der Waals surface area contributed by atoms with Gasteiger partial charge >= 0.3 is 11.9 Å². The number of nitrogens with zero attached hydrogens (tertiary/aromatic N) is 2. The van der Waals surface area contributed by atoms with E-state index in [1.54, 1.807) is 6.21 Å². The van der Waals surface area contributed by atoms with E-state index in [1.807, 2.05) is 6.92 Å². The maximum Gasteiger partial charge on any atom is 0.306 e. The maximum absolute atomic E-state index is 13.2. The lowest BCUT2D eigenvalue weighted by molar-refractivity contribution is -0.157. The topological polar surface area (TPSA) is 256 Å². The van der Waals surface area contributed by atoms with Crippen molar-refractivity contribution < 1.29 is 76.3 Å². The van der Waals surface area contributed by atoms with Gasteiger partial charge in [0.1, 0.15) is 25.1 Å². The molecule has 0 saturated carbocycles. The molecular weight excluding hydrogens is 1170 g/mol. The van der Waals surface area contributed by atoms with Crippen LogP contribution in [0.1, 0.15) is 233 Å². The van der Waals surface area contributed by atoms with Gasteiger partial charge in [-0.1, -0.05) is 173 Å². The molecule has 1 fully saturated rings. The van der Waals surface area contributed by atoms with Crippen molar-refractivity contribution in [2.24, 2.45) is 10.9 Å². The van der Waals surface area contributed by atoms with Crippen molar-refractivity contribution >= 4 is 71.0 Å². The molecule has 1 aliphatic rings. The molecule has 3 unspecified atom stereocenters. The van der Waals surface area contributed by atoms with E-state index in [4.69, 9.17) is 48.5 Å². The van der Waals surface area contributed by atoms with Gasteiger partial charge in [-0.3, -0.25) is 38.5 Å². The molecule has 1 aliphatic heterocycles. The Morgan fingerprint density at radius 1 is 0.568 bits per heavy atom. The monoisotopic (exact) mass is 1290 g/mol. The van der Waals surface area contributed by atoms with E-state index in [0.717, 1.165) is 55.2 Å². The van der Waals surface area contributed by atoms with Gasteiger partial charge in [-0.15, -0.1) is 11.8 Å². The zero-order valence-electron chi connectivity index (χ0n) is 54.9. The Balaban J connectivity index is 2.27. The zero-order valence-corrected chi connectivity index (χ0v) is 56.5. The van der Waals surface area contributed by atoms with E-state index >= 15 is 0 Å². The minimum absolute atomic E-state index is 0.0638. The fraction of sp³-hybridized carbons (Fsp3) is 0.879. The summed E-state index contributed by atoms with van der Waals surface area (Å²) in [5.41, 5.74) is 6.31. The average molecular weight is 1290 g/mol. The van der Waals surface area contributed by atoms with Crippen LogP contribution in [0, 0.1) is 0 Å². The molecule has 0 spiro atoms. The molecule has 0 aromatic rings. The highest BCUT2D eigenvalue weighted by atomic mass is 32.2. The lowest BCUT2D eigenvalue weighted by atomic mass is 10.0. The number of oxime groups is 1. The number of Topliss-reactive ketones (excluding diaryl/α,β-unsaturated/α-hetero) is 2. The fourth-order valence-electron chi connectivity index (χ4n) is 9.40. The highest BCUT2D eigenvalue weighted by molar-refractivity contribution is 8.01. The van der Waals surface area contributed by atoms with Gasteiger partial charge in [0.2, 0.25) is 17.7 Å². The van der Waals surface area contributed by atoms with Gasteiger partial charge in [-0.2, -0.15) is 11.8 Å². The molecule has 0 aromatic heterocycles. The lowest BCUT2D eigenvalue weighted by Crippen LogP contribution is -2.37. The Morgan fingerprint density at radius 3 is 1.51 bits per heavy atom. The number of hydrogen-bond donors (Lipinski definition) is 2. The van der Waals surface area contributed by atoms with Crippen molar-refractivity contribution in [3.05, 3.63) is 0 Å². The van der Waals surface area contributed by atoms with Crippen LogP contribution < -0.4 is 11.1 Å². The van der Waals surface area contributed by atoms with Crippen LogP contribution >= 0.6 is 23.5 Å². The Bertz CT molecular complexity index is 1770. The number of nitrogens with two attached hydrogens (primary N) is 1. The summed E-state index contributed by atoms with van der Waals surface area (Å²) in [6.45, 7) is 11.5. The number of ketones is 2. The molecule has 20 nitrogen and oxygen atoms in total. The van der Waals surface area contributed by atoms with Crippen molar-refractivity contribution in [2.75, 3.05) is 123 Å². The first kappa shape index (κ1) is 82.8. The molecule has 1 heterocycles. The lowest BCUT2D eigenvalue weighted by Gasteiger charge is -2.19. The van der Waals surface area contributed by atoms with Crippen LogP contribution in [-0.4, -0.2) is 193 Å². The van der Waals surface area contributed by atoms with E-state index in [0.29, 0.717) is 117 Å². The summed E-state index contributed by atoms with van der Waals surface area (Å²) in [6, 6.07) is -0.866.